The van der Waals surface area contributed by atoms with Crippen LogP contribution in [0.5, 0.6) is 5.75 Å². The largest absolute Gasteiger partial charge is 0.491 e. The average molecular weight is 586 g/mol. The van der Waals surface area contributed by atoms with E-state index < -0.39 is 17.3 Å². The summed E-state index contributed by atoms with van der Waals surface area (Å²) in [6.45, 7) is 4.11. The lowest BCUT2D eigenvalue weighted by Crippen LogP contribution is -2.32. The predicted octanol–water partition coefficient (Wildman–Crippen LogP) is 7.74. The Morgan fingerprint density at radius 3 is 1.85 bits per heavy atom. The fourth-order valence-corrected chi connectivity index (χ4v) is 5.82. The standard InChI is InChI=1S/C33H30BrFN2O2/c1-3-22-20-26(28(35)27(21-22)39-4-2)29(38)32-36-30(31(34)37-32)33(23-14-8-5-9-15-23,24-16-10-6-11-17-24)25-18-12-7-13-19-25/h5-21,29,38H,3-4H2,1-2H3,(H,36,37). The molecule has 0 saturated heterocycles. The number of hydrogen-bond donors (Lipinski definition) is 2. The van der Waals surface area contributed by atoms with E-state index in [0.717, 1.165) is 27.9 Å². The lowest BCUT2D eigenvalue weighted by atomic mass is 9.67. The van der Waals surface area contributed by atoms with Crippen molar-refractivity contribution in [3.63, 3.8) is 0 Å². The molecule has 0 amide bonds. The number of hydrogen-bond acceptors (Lipinski definition) is 3. The van der Waals surface area contributed by atoms with Crippen molar-refractivity contribution < 1.29 is 14.2 Å². The molecule has 0 aliphatic carbocycles. The van der Waals surface area contributed by atoms with Gasteiger partial charge in [0, 0.05) is 5.56 Å². The van der Waals surface area contributed by atoms with Crippen LogP contribution in [0.15, 0.2) is 108 Å². The molecule has 1 aromatic heterocycles. The molecule has 1 unspecified atom stereocenters. The molecule has 2 N–H and O–H groups in total. The lowest BCUT2D eigenvalue weighted by Gasteiger charge is -2.35. The first kappa shape index (κ1) is 26.9. The highest BCUT2D eigenvalue weighted by Crippen LogP contribution is 2.47. The molecular weight excluding hydrogens is 555 g/mol. The lowest BCUT2D eigenvalue weighted by molar-refractivity contribution is 0.203. The number of aryl methyl sites for hydroxylation is 1. The van der Waals surface area contributed by atoms with E-state index >= 15 is 4.39 Å². The molecule has 0 saturated carbocycles. The number of benzene rings is 4. The van der Waals surface area contributed by atoms with Crippen molar-refractivity contribution in [1.29, 1.82) is 0 Å². The first-order chi connectivity index (χ1) is 19.0. The summed E-state index contributed by atoms with van der Waals surface area (Å²) in [5, 5.41) is 11.5. The van der Waals surface area contributed by atoms with Gasteiger partial charge in [0.2, 0.25) is 0 Å². The fourth-order valence-electron chi connectivity index (χ4n) is 5.23. The molecule has 6 heteroatoms. The van der Waals surface area contributed by atoms with Crippen molar-refractivity contribution in [1.82, 2.24) is 9.97 Å². The first-order valence-electron chi connectivity index (χ1n) is 13.1. The molecule has 5 rings (SSSR count). The Morgan fingerprint density at radius 1 is 0.872 bits per heavy atom. The van der Waals surface area contributed by atoms with Crippen molar-refractivity contribution in [2.75, 3.05) is 6.61 Å². The van der Waals surface area contributed by atoms with Crippen LogP contribution < -0.4 is 4.74 Å². The normalized spacial score (nSPS) is 12.3. The third kappa shape index (κ3) is 4.90. The summed E-state index contributed by atoms with van der Waals surface area (Å²) in [7, 11) is 0. The summed E-state index contributed by atoms with van der Waals surface area (Å²) in [6, 6.07) is 33.9. The van der Waals surface area contributed by atoms with Crippen LogP contribution in [0.2, 0.25) is 0 Å². The fraction of sp³-hybridized carbons (Fsp3) is 0.182. The van der Waals surface area contributed by atoms with Gasteiger partial charge in [0.25, 0.3) is 0 Å². The van der Waals surface area contributed by atoms with Gasteiger partial charge in [0.15, 0.2) is 11.6 Å². The van der Waals surface area contributed by atoms with Crippen LogP contribution in [0.3, 0.4) is 0 Å². The van der Waals surface area contributed by atoms with Gasteiger partial charge < -0.3 is 14.8 Å². The van der Waals surface area contributed by atoms with Crippen molar-refractivity contribution >= 4 is 15.9 Å². The zero-order valence-corrected chi connectivity index (χ0v) is 23.5. The number of ether oxygens (including phenoxy) is 1. The Bertz CT molecular complexity index is 1440. The zero-order chi connectivity index (χ0) is 27.4. The minimum atomic E-state index is -1.33. The molecule has 4 nitrogen and oxygen atoms in total. The molecule has 1 heterocycles. The second-order valence-electron chi connectivity index (χ2n) is 9.32. The van der Waals surface area contributed by atoms with Gasteiger partial charge in [-0.05, 0) is 63.7 Å². The van der Waals surface area contributed by atoms with Crippen molar-refractivity contribution in [2.45, 2.75) is 31.8 Å². The third-order valence-corrected chi connectivity index (χ3v) is 7.64. The van der Waals surface area contributed by atoms with E-state index in [9.17, 15) is 5.11 Å². The summed E-state index contributed by atoms with van der Waals surface area (Å²) in [5.74, 6) is -0.223. The Labute approximate surface area is 236 Å². The minimum Gasteiger partial charge on any atom is -0.491 e. The van der Waals surface area contributed by atoms with Crippen molar-refractivity contribution in [3.05, 3.63) is 153 Å². The summed E-state index contributed by atoms with van der Waals surface area (Å²) in [6.07, 6.45) is -0.660. The maximum Gasteiger partial charge on any atom is 0.171 e. The van der Waals surface area contributed by atoms with E-state index in [1.54, 1.807) is 19.1 Å². The molecule has 198 valence electrons. The monoisotopic (exact) mass is 584 g/mol. The van der Waals surface area contributed by atoms with Crippen molar-refractivity contribution in [3.8, 4) is 5.75 Å². The number of aromatic nitrogens is 2. The highest BCUT2D eigenvalue weighted by molar-refractivity contribution is 9.10. The number of aliphatic hydroxyl groups excluding tert-OH is 1. The van der Waals surface area contributed by atoms with Crippen LogP contribution in [-0.4, -0.2) is 21.7 Å². The molecule has 0 aliphatic rings. The van der Waals surface area contributed by atoms with Gasteiger partial charge in [-0.2, -0.15) is 0 Å². The van der Waals surface area contributed by atoms with Crippen LogP contribution in [0.1, 0.15) is 59.3 Å². The van der Waals surface area contributed by atoms with Gasteiger partial charge in [0.05, 0.1) is 17.7 Å². The Balaban J connectivity index is 1.75. The second-order valence-corrected chi connectivity index (χ2v) is 10.1. The second kappa shape index (κ2) is 11.6. The number of aliphatic hydroxyl groups is 1. The molecule has 1 atom stereocenters. The number of H-pyrrole nitrogens is 1. The Kier molecular flexibility index (Phi) is 7.96. The van der Waals surface area contributed by atoms with E-state index in [0.29, 0.717) is 17.6 Å². The summed E-state index contributed by atoms with van der Waals surface area (Å²) in [5.41, 5.74) is 3.98. The smallest absolute Gasteiger partial charge is 0.171 e. The number of imidazole rings is 1. The Morgan fingerprint density at radius 2 is 1.38 bits per heavy atom. The maximum atomic E-state index is 15.5. The van der Waals surface area contributed by atoms with Crippen LogP contribution in [0.4, 0.5) is 4.39 Å². The molecule has 0 fully saturated rings. The number of nitrogens with zero attached hydrogens (tertiary/aromatic N) is 1. The molecule has 5 aromatic rings. The van der Waals surface area contributed by atoms with Crippen LogP contribution in [-0.2, 0) is 11.8 Å². The van der Waals surface area contributed by atoms with E-state index in [1.807, 2.05) is 61.5 Å². The van der Waals surface area contributed by atoms with Gasteiger partial charge in [-0.1, -0.05) is 97.9 Å². The van der Waals surface area contributed by atoms with Gasteiger partial charge >= 0.3 is 0 Å². The first-order valence-corrected chi connectivity index (χ1v) is 13.9. The molecule has 0 bridgehead atoms. The van der Waals surface area contributed by atoms with Crippen LogP contribution in [0.25, 0.3) is 0 Å². The van der Waals surface area contributed by atoms with E-state index in [4.69, 9.17) is 9.72 Å². The van der Waals surface area contributed by atoms with E-state index in [2.05, 4.69) is 57.3 Å². The summed E-state index contributed by atoms with van der Waals surface area (Å²) >= 11 is 3.70. The zero-order valence-electron chi connectivity index (χ0n) is 21.9. The van der Waals surface area contributed by atoms with Crippen LogP contribution in [0, 0.1) is 5.82 Å². The minimum absolute atomic E-state index is 0.121. The molecular formula is C33H30BrFN2O2. The average Bonchev–Trinajstić information content (AvgIpc) is 3.37. The highest BCUT2D eigenvalue weighted by atomic mass is 79.9. The van der Waals surface area contributed by atoms with E-state index in [1.165, 1.54) is 0 Å². The molecule has 39 heavy (non-hydrogen) atoms. The SMILES string of the molecule is CCOc1cc(CC)cc(C(O)c2nc(Br)c(C(c3ccccc3)(c3ccccc3)c3ccccc3)[nH]2)c1F. The molecule has 0 radical (unpaired) electrons. The third-order valence-electron chi connectivity index (χ3n) is 7.06. The van der Waals surface area contributed by atoms with E-state index in [-0.39, 0.29) is 17.1 Å². The number of halogens is 2. The van der Waals surface area contributed by atoms with Gasteiger partial charge in [-0.3, -0.25) is 0 Å². The topological polar surface area (TPSA) is 58.1 Å². The number of nitrogens with one attached hydrogen (secondary N) is 1. The molecule has 4 aromatic carbocycles. The Hall–Kier alpha value is -3.74. The van der Waals surface area contributed by atoms with Gasteiger partial charge in [-0.15, -0.1) is 0 Å². The molecule has 0 spiro atoms. The quantitative estimate of drug-likeness (QED) is 0.174. The van der Waals surface area contributed by atoms with Gasteiger partial charge in [-0.25, -0.2) is 9.37 Å². The van der Waals surface area contributed by atoms with Crippen LogP contribution >= 0.6 is 15.9 Å². The predicted molar refractivity (Wildman–Crippen MR) is 156 cm³/mol. The number of rotatable bonds is 9. The molecule has 0 aliphatic heterocycles. The number of aromatic amines is 1. The highest BCUT2D eigenvalue weighted by Gasteiger charge is 2.42. The summed E-state index contributed by atoms with van der Waals surface area (Å²) in [4.78, 5) is 8.12. The maximum absolute atomic E-state index is 15.5. The summed E-state index contributed by atoms with van der Waals surface area (Å²) < 4.78 is 21.6. The van der Waals surface area contributed by atoms with Crippen molar-refractivity contribution in [2.24, 2.45) is 0 Å². The van der Waals surface area contributed by atoms with Gasteiger partial charge in [0.1, 0.15) is 16.5 Å².